The van der Waals surface area contributed by atoms with Crippen LogP contribution in [0.5, 0.6) is 28.7 Å². The summed E-state index contributed by atoms with van der Waals surface area (Å²) < 4.78 is 42.3. The van der Waals surface area contributed by atoms with Crippen molar-refractivity contribution in [1.82, 2.24) is 13.7 Å². The van der Waals surface area contributed by atoms with Crippen molar-refractivity contribution >= 4 is 101 Å². The number of carbonyl (C=O) groups excluding carboxylic acids is 3. The second-order valence-corrected chi connectivity index (χ2v) is 21.1. The van der Waals surface area contributed by atoms with Crippen LogP contribution < -0.4 is 36.1 Å². The number of fused-ring (bicyclic) bond motifs is 9. The van der Waals surface area contributed by atoms with Crippen LogP contribution in [0.1, 0.15) is 47.8 Å². The van der Waals surface area contributed by atoms with Crippen LogP contribution in [0.15, 0.2) is 218 Å². The summed E-state index contributed by atoms with van der Waals surface area (Å²) in [6.45, 7) is -0.0641. The molecule has 3 amide bonds. The molecule has 13 rings (SSSR count). The highest BCUT2D eigenvalue weighted by atomic mass is 19.1. The molecule has 460 valence electrons. The number of hydrogen-bond donors (Lipinski definition) is 6. The van der Waals surface area contributed by atoms with Crippen LogP contribution in [-0.4, -0.2) is 84.5 Å². The fourth-order valence-electron chi connectivity index (χ4n) is 11.5. The third-order valence-corrected chi connectivity index (χ3v) is 15.1. The summed E-state index contributed by atoms with van der Waals surface area (Å²) in [6.07, 6.45) is 0. The van der Waals surface area contributed by atoms with Gasteiger partial charge in [0.05, 0.1) is 49.3 Å². The number of aromatic nitrogens is 3. The maximum atomic E-state index is 13.7. The fourth-order valence-corrected chi connectivity index (χ4v) is 11.5. The molecule has 0 aliphatic heterocycles. The summed E-state index contributed by atoms with van der Waals surface area (Å²) in [6, 6.07) is 65.5. The molecule has 10 aromatic carbocycles. The summed E-state index contributed by atoms with van der Waals surface area (Å²) >= 11 is 0. The van der Waals surface area contributed by atoms with Gasteiger partial charge in [0.15, 0.2) is 19.8 Å². The van der Waals surface area contributed by atoms with E-state index in [-0.39, 0.29) is 5.82 Å². The first kappa shape index (κ1) is 61.2. The zero-order valence-corrected chi connectivity index (χ0v) is 48.9. The van der Waals surface area contributed by atoms with E-state index in [1.165, 1.54) is 12.1 Å². The maximum Gasteiger partial charge on any atom is 0.341 e. The zero-order chi connectivity index (χ0) is 64.6. The minimum absolute atomic E-state index is 0.303. The van der Waals surface area contributed by atoms with Crippen molar-refractivity contribution in [3.63, 3.8) is 0 Å². The fraction of sp³-hybridized carbons (Fsp3) is 0.0833. The molecular weight excluding hydrogens is 1180 g/mol. The second kappa shape index (κ2) is 26.9. The predicted octanol–water partition coefficient (Wildman–Crippen LogP) is 12.1. The quantitative estimate of drug-likeness (QED) is 0.0414. The molecule has 0 spiro atoms. The first-order valence-corrected chi connectivity index (χ1v) is 28.7. The van der Waals surface area contributed by atoms with E-state index in [9.17, 15) is 33.2 Å². The van der Waals surface area contributed by atoms with Gasteiger partial charge in [0, 0.05) is 52.5 Å². The van der Waals surface area contributed by atoms with Crippen molar-refractivity contribution in [3.05, 3.63) is 258 Å². The Hall–Kier alpha value is -12.5. The number of halogens is 1. The van der Waals surface area contributed by atoms with Gasteiger partial charge in [0.2, 0.25) is 17.7 Å². The third-order valence-electron chi connectivity index (χ3n) is 15.1. The molecule has 3 aromatic heterocycles. The molecule has 0 atom stereocenters. The number of amides is 3. The lowest BCUT2D eigenvalue weighted by Crippen LogP contribution is -2.11. The van der Waals surface area contributed by atoms with Crippen molar-refractivity contribution in [2.75, 3.05) is 19.8 Å². The number of aliphatic carboxylic acids is 3. The molecule has 0 bridgehead atoms. The summed E-state index contributed by atoms with van der Waals surface area (Å²) in [5, 5.41) is 30.9. The molecule has 9 N–H and O–H groups in total. The summed E-state index contributed by atoms with van der Waals surface area (Å²) in [4.78, 5) is 69.6. The zero-order valence-electron chi connectivity index (χ0n) is 48.9. The summed E-state index contributed by atoms with van der Waals surface area (Å²) in [7, 11) is 0. The van der Waals surface area contributed by atoms with Gasteiger partial charge in [-0.3, -0.25) is 14.4 Å². The SMILES string of the molecule is NC(=O)c1cccc2c1c1c(OCC(=O)O)cccc1n2Cc1cccc(F)c1.NC(=O)c1cccc2c1c1c(OCC(=O)O)cccc1n2Cc1cccc(Oc2ccccc2)c1.NC(=O)c1cccc2c1c1c(OCC(=O)O)cccc1n2Cc1ccccc1. The first-order chi connectivity index (χ1) is 44.5. The van der Waals surface area contributed by atoms with Gasteiger partial charge in [-0.2, -0.15) is 0 Å². The van der Waals surface area contributed by atoms with Crippen molar-refractivity contribution in [3.8, 4) is 28.7 Å². The van der Waals surface area contributed by atoms with Crippen LogP contribution in [0.3, 0.4) is 0 Å². The molecule has 0 saturated carbocycles. The summed E-state index contributed by atoms with van der Waals surface area (Å²) in [5.74, 6) is -2.75. The molecule has 0 unspecified atom stereocenters. The molecule has 13 aromatic rings. The molecule has 0 radical (unpaired) electrons. The number of rotatable bonds is 20. The topological polar surface area (TPSA) is 293 Å². The van der Waals surface area contributed by atoms with Gasteiger partial charge in [0.25, 0.3) is 0 Å². The molecule has 20 heteroatoms. The third kappa shape index (κ3) is 13.1. The van der Waals surface area contributed by atoms with Gasteiger partial charge in [-0.05, 0) is 126 Å². The Bertz CT molecular complexity index is 5000. The van der Waals surface area contributed by atoms with E-state index >= 15 is 0 Å². The Balaban J connectivity index is 0.000000143. The number of carbonyl (C=O) groups is 6. The van der Waals surface area contributed by atoms with Crippen LogP contribution in [0, 0.1) is 5.82 Å². The normalized spacial score (nSPS) is 11.0. The minimum atomic E-state index is -1.11. The average molecular weight is 1230 g/mol. The van der Waals surface area contributed by atoms with Crippen LogP contribution in [-0.2, 0) is 34.0 Å². The number of para-hydroxylation sites is 1. The molecule has 0 saturated heterocycles. The number of primary amides is 3. The Kier molecular flexibility index (Phi) is 17.9. The second-order valence-electron chi connectivity index (χ2n) is 21.1. The summed E-state index contributed by atoms with van der Waals surface area (Å²) in [5.41, 5.74) is 25.5. The van der Waals surface area contributed by atoms with E-state index in [2.05, 4.69) is 9.13 Å². The van der Waals surface area contributed by atoms with E-state index in [1.54, 1.807) is 72.8 Å². The number of nitrogens with zero attached hydrogens (tertiary/aromatic N) is 3. The Morgan fingerprint density at radius 1 is 0.337 bits per heavy atom. The van der Waals surface area contributed by atoms with E-state index in [0.29, 0.717) is 97.2 Å². The van der Waals surface area contributed by atoms with Crippen LogP contribution in [0.2, 0.25) is 0 Å². The lowest BCUT2D eigenvalue weighted by Gasteiger charge is -2.11. The highest BCUT2D eigenvalue weighted by Gasteiger charge is 2.24. The molecule has 3 heterocycles. The van der Waals surface area contributed by atoms with E-state index in [0.717, 1.165) is 50.0 Å². The van der Waals surface area contributed by atoms with Crippen LogP contribution in [0.25, 0.3) is 65.4 Å². The number of benzene rings is 10. The lowest BCUT2D eigenvalue weighted by atomic mass is 10.1. The molecule has 0 fully saturated rings. The van der Waals surface area contributed by atoms with Crippen molar-refractivity contribution in [2.24, 2.45) is 17.2 Å². The minimum Gasteiger partial charge on any atom is -0.481 e. The first-order valence-electron chi connectivity index (χ1n) is 28.7. The molecule has 0 aliphatic carbocycles. The molecule has 0 aliphatic rings. The van der Waals surface area contributed by atoms with E-state index in [4.69, 9.17) is 51.5 Å². The van der Waals surface area contributed by atoms with Crippen molar-refractivity contribution < 1.29 is 67.4 Å². The smallest absolute Gasteiger partial charge is 0.341 e. The maximum absolute atomic E-state index is 13.7. The van der Waals surface area contributed by atoms with Gasteiger partial charge in [-0.15, -0.1) is 0 Å². The van der Waals surface area contributed by atoms with Gasteiger partial charge in [-0.25, -0.2) is 18.8 Å². The highest BCUT2D eigenvalue weighted by molar-refractivity contribution is 6.22. The van der Waals surface area contributed by atoms with Crippen LogP contribution >= 0.6 is 0 Å². The number of ether oxygens (including phenoxy) is 4. The van der Waals surface area contributed by atoms with Crippen molar-refractivity contribution in [2.45, 2.75) is 19.6 Å². The lowest BCUT2D eigenvalue weighted by molar-refractivity contribution is -0.140. The largest absolute Gasteiger partial charge is 0.481 e. The number of carboxylic acid groups (broad SMARTS) is 3. The van der Waals surface area contributed by atoms with Gasteiger partial charge in [0.1, 0.15) is 34.6 Å². The Labute approximate surface area is 523 Å². The van der Waals surface area contributed by atoms with Crippen molar-refractivity contribution in [1.29, 1.82) is 0 Å². The standard InChI is InChI=1S/C28H22N2O5.C22H17FN2O4.C22H18N2O4/c29-28(33)21-11-5-12-22-26(21)27-23(13-6-14-24(27)34-17-25(31)32)30(22)16-18-7-4-10-20(15-18)35-19-8-2-1-3-9-19;23-14-5-1-4-13(10-14)11-25-16-7-2-6-15(22(24)28)20(16)21-17(25)8-3-9-18(21)29-12-19(26)27;23-22(27)15-8-4-9-16-20(15)21-17(10-5-11-18(21)28-13-19(25)26)24(16)12-14-6-2-1-3-7-14/h1-15H,16-17H2,(H2,29,33)(H,31,32);1-10H,11-12H2,(H2,24,28)(H,26,27);1-11H,12-13H2,(H2,23,27)(H,25,26). The molecule has 19 nitrogen and oxygen atoms in total. The number of carboxylic acids is 3. The number of nitrogens with two attached hydrogens (primary N) is 3. The van der Waals surface area contributed by atoms with Gasteiger partial charge >= 0.3 is 17.9 Å². The Morgan fingerprint density at radius 3 is 1.01 bits per heavy atom. The van der Waals surface area contributed by atoms with Gasteiger partial charge < -0.3 is 65.2 Å². The molecular formula is C72H57FN6O13. The number of hydrogen-bond acceptors (Lipinski definition) is 10. The average Bonchev–Trinajstić information content (AvgIpc) is 1.61. The predicted molar refractivity (Wildman–Crippen MR) is 346 cm³/mol. The molecule has 92 heavy (non-hydrogen) atoms. The van der Waals surface area contributed by atoms with Crippen LogP contribution in [0.4, 0.5) is 4.39 Å². The monoisotopic (exact) mass is 1230 g/mol. The highest BCUT2D eigenvalue weighted by Crippen LogP contribution is 2.41. The Morgan fingerprint density at radius 2 is 0.641 bits per heavy atom. The van der Waals surface area contributed by atoms with Gasteiger partial charge in [-0.1, -0.05) is 109 Å². The van der Waals surface area contributed by atoms with E-state index in [1.807, 2.05) is 138 Å². The van der Waals surface area contributed by atoms with E-state index < -0.39 is 55.5 Å².